The Kier molecular flexibility index (Phi) is 8.46. The molecule has 122 valence electrons. The Hall–Kier alpha value is -1.67. The number of amides is 1. The number of ether oxygens (including phenoxy) is 1. The van der Waals surface area contributed by atoms with Crippen molar-refractivity contribution in [1.82, 2.24) is 5.32 Å². The van der Waals surface area contributed by atoms with E-state index in [1.807, 2.05) is 0 Å². The fourth-order valence-electron chi connectivity index (χ4n) is 1.65. The highest BCUT2D eigenvalue weighted by Crippen LogP contribution is 2.13. The number of aliphatic hydroxyl groups excluding tert-OH is 1. The number of carbonyl (C=O) groups is 2. The van der Waals surface area contributed by atoms with Crippen LogP contribution >= 0.6 is 11.6 Å². The molecule has 0 aliphatic heterocycles. The number of hydrogen-bond donors (Lipinski definition) is 4. The van der Waals surface area contributed by atoms with Crippen molar-refractivity contribution < 1.29 is 24.5 Å². The van der Waals surface area contributed by atoms with Gasteiger partial charge in [-0.2, -0.15) is 0 Å². The second kappa shape index (κ2) is 10.1. The quantitative estimate of drug-likeness (QED) is 0.471. The van der Waals surface area contributed by atoms with E-state index in [1.165, 1.54) is 0 Å². The van der Waals surface area contributed by atoms with Gasteiger partial charge in [0.05, 0.1) is 26.2 Å². The van der Waals surface area contributed by atoms with E-state index in [0.717, 1.165) is 0 Å². The van der Waals surface area contributed by atoms with E-state index >= 15 is 0 Å². The van der Waals surface area contributed by atoms with Crippen LogP contribution in [0.3, 0.4) is 0 Å². The fraction of sp³-hybridized carbons (Fsp3) is 0.429. The minimum absolute atomic E-state index is 0.0914. The summed E-state index contributed by atoms with van der Waals surface area (Å²) in [5.41, 5.74) is 0.546. The smallest absolute Gasteiger partial charge is 0.321 e. The van der Waals surface area contributed by atoms with Crippen molar-refractivity contribution in [3.8, 4) is 0 Å². The number of benzene rings is 1. The lowest BCUT2D eigenvalue weighted by Gasteiger charge is -2.14. The van der Waals surface area contributed by atoms with Gasteiger partial charge < -0.3 is 25.6 Å². The predicted molar refractivity (Wildman–Crippen MR) is 82.0 cm³/mol. The van der Waals surface area contributed by atoms with Crippen LogP contribution in [-0.4, -0.2) is 54.5 Å². The van der Waals surface area contributed by atoms with Gasteiger partial charge in [0, 0.05) is 17.3 Å². The lowest BCUT2D eigenvalue weighted by atomic mass is 10.2. The Morgan fingerprint density at radius 2 is 1.91 bits per heavy atom. The number of halogens is 1. The first-order valence-electron chi connectivity index (χ1n) is 6.73. The van der Waals surface area contributed by atoms with Crippen LogP contribution in [0.5, 0.6) is 0 Å². The topological polar surface area (TPSA) is 108 Å². The van der Waals surface area contributed by atoms with Gasteiger partial charge in [0.1, 0.15) is 6.04 Å². The molecular formula is C14H19ClN2O5. The number of aliphatic hydroxyl groups is 1. The van der Waals surface area contributed by atoms with E-state index < -0.39 is 17.9 Å². The molecule has 1 unspecified atom stereocenters. The van der Waals surface area contributed by atoms with Crippen molar-refractivity contribution in [2.24, 2.45) is 0 Å². The number of carboxylic acids is 1. The third kappa shape index (κ3) is 7.37. The van der Waals surface area contributed by atoms with Gasteiger partial charge in [0.2, 0.25) is 5.91 Å². The largest absolute Gasteiger partial charge is 0.480 e. The summed E-state index contributed by atoms with van der Waals surface area (Å²) in [6.07, 6.45) is -0.210. The van der Waals surface area contributed by atoms with E-state index in [0.29, 0.717) is 10.7 Å². The summed E-state index contributed by atoms with van der Waals surface area (Å²) >= 11 is 5.74. The summed E-state index contributed by atoms with van der Waals surface area (Å²) in [5.74, 6) is -1.54. The molecule has 4 N–H and O–H groups in total. The van der Waals surface area contributed by atoms with Crippen molar-refractivity contribution in [3.63, 3.8) is 0 Å². The summed E-state index contributed by atoms with van der Waals surface area (Å²) in [6.45, 7) is 0.622. The molecule has 0 bridgehead atoms. The molecule has 0 saturated carbocycles. The minimum atomic E-state index is -1.12. The van der Waals surface area contributed by atoms with Gasteiger partial charge in [-0.1, -0.05) is 11.6 Å². The first-order chi connectivity index (χ1) is 10.5. The predicted octanol–water partition coefficient (Wildman–Crippen LogP) is 0.720. The van der Waals surface area contributed by atoms with Gasteiger partial charge in [-0.05, 0) is 24.3 Å². The third-order valence-corrected chi connectivity index (χ3v) is 2.94. The first kappa shape index (κ1) is 18.4. The van der Waals surface area contributed by atoms with Gasteiger partial charge in [0.25, 0.3) is 0 Å². The SMILES string of the molecule is O=C(CC(NCCOCCO)C(=O)O)Nc1ccc(Cl)cc1. The van der Waals surface area contributed by atoms with Gasteiger partial charge >= 0.3 is 5.97 Å². The molecule has 22 heavy (non-hydrogen) atoms. The zero-order valence-electron chi connectivity index (χ0n) is 11.9. The number of hydrogen-bond acceptors (Lipinski definition) is 5. The van der Waals surface area contributed by atoms with Gasteiger partial charge in [-0.15, -0.1) is 0 Å². The van der Waals surface area contributed by atoms with E-state index in [-0.39, 0.29) is 32.8 Å². The maximum Gasteiger partial charge on any atom is 0.321 e. The molecule has 1 atom stereocenters. The number of carboxylic acid groups (broad SMARTS) is 1. The van der Waals surface area contributed by atoms with Crippen molar-refractivity contribution in [1.29, 1.82) is 0 Å². The van der Waals surface area contributed by atoms with E-state index in [4.69, 9.17) is 26.6 Å². The van der Waals surface area contributed by atoms with Crippen LogP contribution in [0, 0.1) is 0 Å². The maximum absolute atomic E-state index is 11.8. The normalized spacial score (nSPS) is 11.9. The molecule has 0 aromatic heterocycles. The molecule has 0 aliphatic carbocycles. The molecule has 0 spiro atoms. The van der Waals surface area contributed by atoms with E-state index in [9.17, 15) is 9.59 Å². The molecular weight excluding hydrogens is 312 g/mol. The molecule has 1 amide bonds. The van der Waals surface area contributed by atoms with Crippen molar-refractivity contribution >= 4 is 29.2 Å². The highest BCUT2D eigenvalue weighted by Gasteiger charge is 2.20. The van der Waals surface area contributed by atoms with Crippen molar-refractivity contribution in [2.45, 2.75) is 12.5 Å². The Morgan fingerprint density at radius 3 is 2.50 bits per heavy atom. The molecule has 0 radical (unpaired) electrons. The Labute approximate surface area is 133 Å². The lowest BCUT2D eigenvalue weighted by molar-refractivity contribution is -0.141. The average molecular weight is 331 g/mol. The molecule has 0 saturated heterocycles. The number of carbonyl (C=O) groups excluding carboxylic acids is 1. The zero-order valence-corrected chi connectivity index (χ0v) is 12.7. The van der Waals surface area contributed by atoms with E-state index in [2.05, 4.69) is 10.6 Å². The van der Waals surface area contributed by atoms with Crippen LogP contribution in [0.1, 0.15) is 6.42 Å². The van der Waals surface area contributed by atoms with Gasteiger partial charge in [0.15, 0.2) is 0 Å². The Balaban J connectivity index is 2.39. The zero-order chi connectivity index (χ0) is 16.4. The first-order valence-corrected chi connectivity index (χ1v) is 7.11. The summed E-state index contributed by atoms with van der Waals surface area (Å²) in [6, 6.07) is 5.51. The summed E-state index contributed by atoms with van der Waals surface area (Å²) in [5, 5.41) is 23.5. The Bertz CT molecular complexity index is 481. The van der Waals surface area contributed by atoms with Crippen LogP contribution in [0.25, 0.3) is 0 Å². The highest BCUT2D eigenvalue weighted by molar-refractivity contribution is 6.30. The summed E-state index contributed by atoms with van der Waals surface area (Å²) in [4.78, 5) is 22.9. The standard InChI is InChI=1S/C14H19ClN2O5/c15-10-1-3-11(4-2-10)17-13(19)9-12(14(20)21)16-5-7-22-8-6-18/h1-4,12,16,18H,5-9H2,(H,17,19)(H,20,21). The maximum atomic E-state index is 11.8. The van der Waals surface area contributed by atoms with Crippen LogP contribution in [0.15, 0.2) is 24.3 Å². The van der Waals surface area contributed by atoms with Crippen LogP contribution in [0.4, 0.5) is 5.69 Å². The fourth-order valence-corrected chi connectivity index (χ4v) is 1.78. The second-order valence-electron chi connectivity index (χ2n) is 4.44. The molecule has 0 fully saturated rings. The highest BCUT2D eigenvalue weighted by atomic mass is 35.5. The van der Waals surface area contributed by atoms with Crippen LogP contribution in [0.2, 0.25) is 5.02 Å². The second-order valence-corrected chi connectivity index (χ2v) is 4.88. The third-order valence-electron chi connectivity index (χ3n) is 2.69. The molecule has 7 nitrogen and oxygen atoms in total. The number of rotatable bonds is 10. The molecule has 0 aliphatic rings. The molecule has 8 heteroatoms. The number of nitrogens with one attached hydrogen (secondary N) is 2. The number of aliphatic carboxylic acids is 1. The molecule has 1 aromatic rings. The van der Waals surface area contributed by atoms with Crippen LogP contribution in [-0.2, 0) is 14.3 Å². The minimum Gasteiger partial charge on any atom is -0.480 e. The molecule has 0 heterocycles. The van der Waals surface area contributed by atoms with Crippen LogP contribution < -0.4 is 10.6 Å². The lowest BCUT2D eigenvalue weighted by Crippen LogP contribution is -2.41. The van der Waals surface area contributed by atoms with Gasteiger partial charge in [-0.25, -0.2) is 0 Å². The van der Waals surface area contributed by atoms with Crippen molar-refractivity contribution in [2.75, 3.05) is 31.7 Å². The number of anilines is 1. The monoisotopic (exact) mass is 330 g/mol. The Morgan fingerprint density at radius 1 is 1.23 bits per heavy atom. The van der Waals surface area contributed by atoms with Crippen molar-refractivity contribution in [3.05, 3.63) is 29.3 Å². The van der Waals surface area contributed by atoms with Gasteiger partial charge in [-0.3, -0.25) is 9.59 Å². The molecule has 1 aromatic carbocycles. The summed E-state index contributed by atoms with van der Waals surface area (Å²) in [7, 11) is 0. The summed E-state index contributed by atoms with van der Waals surface area (Å²) < 4.78 is 5.01. The van der Waals surface area contributed by atoms with E-state index in [1.54, 1.807) is 24.3 Å². The molecule has 1 rings (SSSR count). The average Bonchev–Trinajstić information content (AvgIpc) is 2.48.